The topological polar surface area (TPSA) is 33.3 Å². The molecule has 15 heavy (non-hydrogen) atoms. The van der Waals surface area contributed by atoms with Gasteiger partial charge in [-0.2, -0.15) is 0 Å². The van der Waals surface area contributed by atoms with Gasteiger partial charge in [-0.3, -0.25) is 0 Å². The fourth-order valence-corrected chi connectivity index (χ4v) is 1.56. The van der Waals surface area contributed by atoms with Gasteiger partial charge in [-0.15, -0.1) is 0 Å². The SMILES string of the molecule is Fc1ccc(OCC2CNCCN2)cc1. The molecule has 0 saturated carbocycles. The first-order valence-electron chi connectivity index (χ1n) is 5.17. The molecule has 0 aliphatic carbocycles. The second-order valence-corrected chi connectivity index (χ2v) is 3.62. The van der Waals surface area contributed by atoms with Crippen molar-refractivity contribution in [1.82, 2.24) is 10.6 Å². The molecule has 0 aromatic heterocycles. The Kier molecular flexibility index (Phi) is 3.53. The molecule has 3 nitrogen and oxygen atoms in total. The van der Waals surface area contributed by atoms with Crippen LogP contribution in [0.15, 0.2) is 24.3 Å². The summed E-state index contributed by atoms with van der Waals surface area (Å²) in [6, 6.07) is 6.44. The number of nitrogens with one attached hydrogen (secondary N) is 2. The highest BCUT2D eigenvalue weighted by Gasteiger charge is 2.12. The van der Waals surface area contributed by atoms with Crippen LogP contribution in [0, 0.1) is 5.82 Å². The summed E-state index contributed by atoms with van der Waals surface area (Å²) in [5, 5.41) is 6.62. The number of rotatable bonds is 3. The Morgan fingerprint density at radius 2 is 2.07 bits per heavy atom. The molecule has 4 heteroatoms. The third-order valence-electron chi connectivity index (χ3n) is 2.39. The standard InChI is InChI=1S/C11H15FN2O/c12-9-1-3-11(4-2-9)15-8-10-7-13-5-6-14-10/h1-4,10,13-14H,5-8H2. The van der Waals surface area contributed by atoms with E-state index in [9.17, 15) is 4.39 Å². The zero-order valence-corrected chi connectivity index (χ0v) is 8.50. The van der Waals surface area contributed by atoms with Crippen molar-refractivity contribution in [1.29, 1.82) is 0 Å². The lowest BCUT2D eigenvalue weighted by molar-refractivity contribution is 0.247. The van der Waals surface area contributed by atoms with Gasteiger partial charge in [0.15, 0.2) is 0 Å². The second-order valence-electron chi connectivity index (χ2n) is 3.62. The highest BCUT2D eigenvalue weighted by molar-refractivity contribution is 5.22. The van der Waals surface area contributed by atoms with Crippen LogP contribution in [-0.4, -0.2) is 32.3 Å². The van der Waals surface area contributed by atoms with Crippen molar-refractivity contribution in [3.8, 4) is 5.75 Å². The monoisotopic (exact) mass is 210 g/mol. The van der Waals surface area contributed by atoms with Gasteiger partial charge in [-0.05, 0) is 24.3 Å². The molecule has 1 aliphatic rings. The number of piperazine rings is 1. The molecule has 1 aromatic rings. The van der Waals surface area contributed by atoms with Gasteiger partial charge in [0.05, 0.1) is 6.04 Å². The maximum Gasteiger partial charge on any atom is 0.123 e. The predicted molar refractivity (Wildman–Crippen MR) is 56.6 cm³/mol. The molecule has 1 unspecified atom stereocenters. The van der Waals surface area contributed by atoms with E-state index in [2.05, 4.69) is 10.6 Å². The fourth-order valence-electron chi connectivity index (χ4n) is 1.56. The maximum atomic E-state index is 12.6. The number of benzene rings is 1. The van der Waals surface area contributed by atoms with E-state index in [4.69, 9.17) is 4.74 Å². The van der Waals surface area contributed by atoms with Crippen LogP contribution in [0.25, 0.3) is 0 Å². The molecular formula is C11H15FN2O. The molecule has 0 bridgehead atoms. The smallest absolute Gasteiger partial charge is 0.123 e. The third-order valence-corrected chi connectivity index (χ3v) is 2.39. The lowest BCUT2D eigenvalue weighted by Crippen LogP contribution is -2.50. The lowest BCUT2D eigenvalue weighted by atomic mass is 10.2. The van der Waals surface area contributed by atoms with E-state index in [0.717, 1.165) is 19.6 Å². The Balaban J connectivity index is 1.79. The Bertz CT molecular complexity index is 296. The van der Waals surface area contributed by atoms with E-state index in [1.807, 2.05) is 0 Å². The molecule has 2 N–H and O–H groups in total. The number of hydrogen-bond acceptors (Lipinski definition) is 3. The minimum absolute atomic E-state index is 0.236. The zero-order valence-electron chi connectivity index (χ0n) is 8.50. The molecule has 0 amide bonds. The van der Waals surface area contributed by atoms with E-state index >= 15 is 0 Å². The molecule has 1 heterocycles. The molecule has 1 saturated heterocycles. The van der Waals surface area contributed by atoms with Crippen molar-refractivity contribution in [3.05, 3.63) is 30.1 Å². The van der Waals surface area contributed by atoms with Crippen molar-refractivity contribution in [2.45, 2.75) is 6.04 Å². The Hall–Kier alpha value is -1.13. The van der Waals surface area contributed by atoms with Crippen LogP contribution in [0.1, 0.15) is 0 Å². The summed E-state index contributed by atoms with van der Waals surface area (Å²) in [6.07, 6.45) is 0. The Morgan fingerprint density at radius 1 is 1.27 bits per heavy atom. The zero-order chi connectivity index (χ0) is 10.5. The maximum absolute atomic E-state index is 12.6. The summed E-state index contributed by atoms with van der Waals surface area (Å²) >= 11 is 0. The van der Waals surface area contributed by atoms with E-state index in [-0.39, 0.29) is 5.82 Å². The first-order valence-corrected chi connectivity index (χ1v) is 5.17. The molecule has 1 atom stereocenters. The van der Waals surface area contributed by atoms with Crippen molar-refractivity contribution >= 4 is 0 Å². The highest BCUT2D eigenvalue weighted by Crippen LogP contribution is 2.11. The fraction of sp³-hybridized carbons (Fsp3) is 0.455. The molecule has 1 aromatic carbocycles. The van der Waals surface area contributed by atoms with Crippen LogP contribution in [0.5, 0.6) is 5.75 Å². The number of halogens is 1. The normalized spacial score (nSPS) is 21.3. The number of hydrogen-bond donors (Lipinski definition) is 2. The Labute approximate surface area is 88.6 Å². The van der Waals surface area contributed by atoms with Crippen LogP contribution in [0.3, 0.4) is 0 Å². The van der Waals surface area contributed by atoms with E-state index in [1.54, 1.807) is 12.1 Å². The van der Waals surface area contributed by atoms with Gasteiger partial charge in [-0.1, -0.05) is 0 Å². The number of ether oxygens (including phenoxy) is 1. The summed E-state index contributed by atoms with van der Waals surface area (Å²) in [5.41, 5.74) is 0. The molecular weight excluding hydrogens is 195 g/mol. The first-order chi connectivity index (χ1) is 7.34. The van der Waals surface area contributed by atoms with Gasteiger partial charge in [-0.25, -0.2) is 4.39 Å². The second kappa shape index (κ2) is 5.09. The van der Waals surface area contributed by atoms with E-state index < -0.39 is 0 Å². The molecule has 1 aliphatic heterocycles. The van der Waals surface area contributed by atoms with Crippen molar-refractivity contribution in [2.75, 3.05) is 26.2 Å². The van der Waals surface area contributed by atoms with Gasteiger partial charge in [0.1, 0.15) is 18.2 Å². The van der Waals surface area contributed by atoms with E-state index in [0.29, 0.717) is 18.4 Å². The van der Waals surface area contributed by atoms with Crippen molar-refractivity contribution < 1.29 is 9.13 Å². The average Bonchev–Trinajstić information content (AvgIpc) is 2.30. The minimum atomic E-state index is -0.236. The summed E-state index contributed by atoms with van der Waals surface area (Å²) in [5.74, 6) is 0.476. The quantitative estimate of drug-likeness (QED) is 0.773. The molecule has 2 rings (SSSR count). The van der Waals surface area contributed by atoms with Crippen LogP contribution < -0.4 is 15.4 Å². The molecule has 1 fully saturated rings. The summed E-state index contributed by atoms with van der Waals surface area (Å²) < 4.78 is 18.1. The van der Waals surface area contributed by atoms with E-state index in [1.165, 1.54) is 12.1 Å². The van der Waals surface area contributed by atoms with Gasteiger partial charge < -0.3 is 15.4 Å². The lowest BCUT2D eigenvalue weighted by Gasteiger charge is -2.24. The summed E-state index contributed by atoms with van der Waals surface area (Å²) in [4.78, 5) is 0. The van der Waals surface area contributed by atoms with Gasteiger partial charge in [0, 0.05) is 19.6 Å². The Morgan fingerprint density at radius 3 is 2.73 bits per heavy atom. The molecule has 82 valence electrons. The van der Waals surface area contributed by atoms with Gasteiger partial charge in [0.25, 0.3) is 0 Å². The van der Waals surface area contributed by atoms with Crippen LogP contribution in [-0.2, 0) is 0 Å². The van der Waals surface area contributed by atoms with Gasteiger partial charge >= 0.3 is 0 Å². The molecule has 0 spiro atoms. The largest absolute Gasteiger partial charge is 0.492 e. The highest BCUT2D eigenvalue weighted by atomic mass is 19.1. The summed E-state index contributed by atoms with van der Waals surface area (Å²) in [7, 11) is 0. The third kappa shape index (κ3) is 3.18. The van der Waals surface area contributed by atoms with Crippen LogP contribution in [0.2, 0.25) is 0 Å². The summed E-state index contributed by atoms with van der Waals surface area (Å²) in [6.45, 7) is 3.50. The minimum Gasteiger partial charge on any atom is -0.492 e. The van der Waals surface area contributed by atoms with Crippen molar-refractivity contribution in [2.24, 2.45) is 0 Å². The van der Waals surface area contributed by atoms with Crippen LogP contribution in [0.4, 0.5) is 4.39 Å². The molecule has 0 radical (unpaired) electrons. The average molecular weight is 210 g/mol. The van der Waals surface area contributed by atoms with Crippen molar-refractivity contribution in [3.63, 3.8) is 0 Å². The van der Waals surface area contributed by atoms with Crippen LogP contribution >= 0.6 is 0 Å². The first kappa shape index (κ1) is 10.4. The van der Waals surface area contributed by atoms with Gasteiger partial charge in [0.2, 0.25) is 0 Å². The predicted octanol–water partition coefficient (Wildman–Crippen LogP) is 0.766.